The SMILES string of the molecule is Cc1ccc(S(=O)(=O)n2cc(-c3nc(C[SH](=O)=O)ncc3C#N)c3cc(C(F)(F)F)cnc32)cc1. The van der Waals surface area contributed by atoms with Gasteiger partial charge in [0, 0.05) is 29.5 Å². The van der Waals surface area contributed by atoms with Crippen LogP contribution in [0, 0.1) is 18.3 Å². The zero-order chi connectivity index (χ0) is 25.5. The van der Waals surface area contributed by atoms with Gasteiger partial charge in [0.2, 0.25) is 0 Å². The van der Waals surface area contributed by atoms with Crippen LogP contribution in [-0.4, -0.2) is 35.8 Å². The molecular formula is C21H14F3N5O4S2. The van der Waals surface area contributed by atoms with Gasteiger partial charge in [0.1, 0.15) is 28.4 Å². The van der Waals surface area contributed by atoms with Crippen molar-refractivity contribution in [1.82, 2.24) is 18.9 Å². The molecule has 1 aromatic carbocycles. The number of aryl methyl sites for hydroxylation is 1. The maximum Gasteiger partial charge on any atom is 0.417 e. The van der Waals surface area contributed by atoms with Crippen LogP contribution >= 0.6 is 0 Å². The lowest BCUT2D eigenvalue weighted by molar-refractivity contribution is -0.137. The van der Waals surface area contributed by atoms with Gasteiger partial charge in [-0.15, -0.1) is 0 Å². The molecule has 0 radical (unpaired) electrons. The van der Waals surface area contributed by atoms with Gasteiger partial charge in [-0.3, -0.25) is 0 Å². The minimum absolute atomic E-state index is 0.138. The number of hydrogen-bond acceptors (Lipinski definition) is 8. The molecule has 4 aromatic rings. The molecule has 180 valence electrons. The van der Waals surface area contributed by atoms with Crippen LogP contribution < -0.4 is 0 Å². The molecule has 35 heavy (non-hydrogen) atoms. The third kappa shape index (κ3) is 4.60. The summed E-state index contributed by atoms with van der Waals surface area (Å²) in [6, 6.07) is 8.30. The monoisotopic (exact) mass is 521 g/mol. The summed E-state index contributed by atoms with van der Waals surface area (Å²) in [5, 5.41) is 9.26. The summed E-state index contributed by atoms with van der Waals surface area (Å²) in [5.41, 5.74) is -1.26. The summed E-state index contributed by atoms with van der Waals surface area (Å²) in [4.78, 5) is 11.5. The molecule has 0 unspecified atom stereocenters. The minimum atomic E-state index is -4.79. The van der Waals surface area contributed by atoms with E-state index in [2.05, 4.69) is 15.0 Å². The van der Waals surface area contributed by atoms with Crippen molar-refractivity contribution in [2.24, 2.45) is 0 Å². The summed E-state index contributed by atoms with van der Waals surface area (Å²) >= 11 is 0. The molecule has 0 fully saturated rings. The van der Waals surface area contributed by atoms with E-state index in [0.29, 0.717) is 16.2 Å². The molecule has 14 heteroatoms. The van der Waals surface area contributed by atoms with Crippen LogP contribution in [0.3, 0.4) is 0 Å². The quantitative estimate of drug-likeness (QED) is 0.396. The summed E-state index contributed by atoms with van der Waals surface area (Å²) in [6.45, 7) is 1.76. The molecule has 4 rings (SSSR count). The maximum absolute atomic E-state index is 13.4. The maximum atomic E-state index is 13.4. The zero-order valence-corrected chi connectivity index (χ0v) is 19.4. The number of pyridine rings is 1. The molecule has 0 atom stereocenters. The van der Waals surface area contributed by atoms with Crippen LogP contribution in [0.1, 0.15) is 22.5 Å². The second-order valence-corrected chi connectivity index (χ2v) is 10.2. The number of fused-ring (bicyclic) bond motifs is 1. The van der Waals surface area contributed by atoms with Crippen LogP contribution in [0.2, 0.25) is 0 Å². The Hall–Kier alpha value is -3.83. The number of halogens is 3. The number of hydrogen-bond donors (Lipinski definition) is 1. The fourth-order valence-corrected chi connectivity index (χ4v) is 5.03. The lowest BCUT2D eigenvalue weighted by Crippen LogP contribution is -2.13. The molecule has 0 spiro atoms. The van der Waals surface area contributed by atoms with Gasteiger partial charge in [0.25, 0.3) is 10.0 Å². The highest BCUT2D eigenvalue weighted by Gasteiger charge is 2.33. The molecule has 0 aliphatic heterocycles. The van der Waals surface area contributed by atoms with Gasteiger partial charge in [-0.25, -0.2) is 35.8 Å². The van der Waals surface area contributed by atoms with Crippen molar-refractivity contribution >= 4 is 31.8 Å². The van der Waals surface area contributed by atoms with Crippen molar-refractivity contribution in [3.05, 3.63) is 71.4 Å². The molecular weight excluding hydrogens is 507 g/mol. The Morgan fingerprint density at radius 1 is 1.11 bits per heavy atom. The van der Waals surface area contributed by atoms with Crippen LogP contribution in [-0.2, 0) is 32.7 Å². The zero-order valence-electron chi connectivity index (χ0n) is 17.7. The van der Waals surface area contributed by atoms with Gasteiger partial charge in [0.15, 0.2) is 5.65 Å². The van der Waals surface area contributed by atoms with Gasteiger partial charge < -0.3 is 0 Å². The van der Waals surface area contributed by atoms with E-state index in [1.54, 1.807) is 25.1 Å². The highest BCUT2D eigenvalue weighted by molar-refractivity contribution is 7.90. The highest BCUT2D eigenvalue weighted by atomic mass is 32.2. The van der Waals surface area contributed by atoms with Crippen LogP contribution in [0.25, 0.3) is 22.3 Å². The highest BCUT2D eigenvalue weighted by Crippen LogP contribution is 2.37. The van der Waals surface area contributed by atoms with E-state index >= 15 is 0 Å². The minimum Gasteiger partial charge on any atom is -0.239 e. The number of nitriles is 1. The third-order valence-corrected chi connectivity index (χ3v) is 7.21. The van der Waals surface area contributed by atoms with E-state index in [1.165, 1.54) is 12.1 Å². The first-order chi connectivity index (χ1) is 16.4. The topological polar surface area (TPSA) is 136 Å². The Morgan fingerprint density at radius 2 is 1.80 bits per heavy atom. The first kappa shape index (κ1) is 24.3. The van der Waals surface area contributed by atoms with E-state index in [0.717, 1.165) is 18.0 Å². The first-order valence-corrected chi connectivity index (χ1v) is 12.5. The number of nitrogens with zero attached hydrogens (tertiary/aromatic N) is 5. The fourth-order valence-electron chi connectivity index (χ4n) is 3.33. The fraction of sp³-hybridized carbons (Fsp3) is 0.143. The predicted molar refractivity (Wildman–Crippen MR) is 118 cm³/mol. The van der Waals surface area contributed by atoms with Crippen LogP contribution in [0.4, 0.5) is 13.2 Å². The summed E-state index contributed by atoms with van der Waals surface area (Å²) in [6.07, 6.45) is -2.25. The third-order valence-electron chi connectivity index (χ3n) is 5.00. The molecule has 0 saturated carbocycles. The van der Waals surface area contributed by atoms with Gasteiger partial charge >= 0.3 is 6.18 Å². The second kappa shape index (κ2) is 8.75. The summed E-state index contributed by atoms with van der Waals surface area (Å²) in [7, 11) is -7.26. The van der Waals surface area contributed by atoms with Gasteiger partial charge in [0.05, 0.1) is 21.7 Å². The van der Waals surface area contributed by atoms with E-state index in [-0.39, 0.29) is 38.6 Å². The van der Waals surface area contributed by atoms with Crippen molar-refractivity contribution in [2.75, 3.05) is 0 Å². The van der Waals surface area contributed by atoms with Crippen molar-refractivity contribution in [1.29, 1.82) is 5.26 Å². The Kier molecular flexibility index (Phi) is 6.07. The Bertz CT molecular complexity index is 1680. The number of aromatic nitrogens is 4. The van der Waals surface area contributed by atoms with E-state index in [4.69, 9.17) is 0 Å². The molecule has 0 aliphatic carbocycles. The lowest BCUT2D eigenvalue weighted by atomic mass is 10.1. The van der Waals surface area contributed by atoms with E-state index < -0.39 is 38.2 Å². The van der Waals surface area contributed by atoms with E-state index in [1.807, 2.05) is 0 Å². The van der Waals surface area contributed by atoms with Crippen molar-refractivity contribution in [3.63, 3.8) is 0 Å². The van der Waals surface area contributed by atoms with Crippen LogP contribution in [0.5, 0.6) is 0 Å². The Morgan fingerprint density at radius 3 is 2.40 bits per heavy atom. The van der Waals surface area contributed by atoms with Gasteiger partial charge in [-0.1, -0.05) is 17.7 Å². The molecule has 3 heterocycles. The number of thiol groups is 1. The van der Waals surface area contributed by atoms with Crippen molar-refractivity contribution < 1.29 is 30.0 Å². The first-order valence-electron chi connectivity index (χ1n) is 9.70. The Labute approximate surface area is 198 Å². The smallest absolute Gasteiger partial charge is 0.239 e. The normalized spacial score (nSPS) is 12.2. The number of rotatable bonds is 5. The average molecular weight is 522 g/mol. The molecule has 0 aliphatic rings. The lowest BCUT2D eigenvalue weighted by Gasteiger charge is -2.09. The number of benzene rings is 1. The second-order valence-electron chi connectivity index (χ2n) is 7.40. The number of alkyl halides is 3. The van der Waals surface area contributed by atoms with Gasteiger partial charge in [-0.2, -0.15) is 18.4 Å². The van der Waals surface area contributed by atoms with Crippen molar-refractivity contribution in [2.45, 2.75) is 23.7 Å². The molecule has 0 N–H and O–H groups in total. The van der Waals surface area contributed by atoms with Gasteiger partial charge in [-0.05, 0) is 25.1 Å². The Balaban J connectivity index is 2.07. The molecule has 3 aromatic heterocycles. The largest absolute Gasteiger partial charge is 0.417 e. The molecule has 0 saturated heterocycles. The van der Waals surface area contributed by atoms with E-state index in [9.17, 15) is 35.3 Å². The predicted octanol–water partition coefficient (Wildman–Crippen LogP) is 3.04. The summed E-state index contributed by atoms with van der Waals surface area (Å²) < 4.78 is 90.0. The van der Waals surface area contributed by atoms with Crippen LogP contribution in [0.15, 0.2) is 53.8 Å². The molecule has 0 bridgehead atoms. The van der Waals surface area contributed by atoms with Crippen molar-refractivity contribution in [3.8, 4) is 17.3 Å². The standard InChI is InChI=1S/C21H14F3N5O4S2/c1-12-2-4-15(5-3-12)35(32,33)29-10-17(16-6-14(21(22,23)24)9-27-20(16)29)19-13(7-25)8-26-18(28-19)11-34(30)31/h2-6,8-10,34H,11H2,1H3. The summed E-state index contributed by atoms with van der Waals surface area (Å²) in [5.74, 6) is -0.794. The molecule has 9 nitrogen and oxygen atoms in total. The molecule has 0 amide bonds. The average Bonchev–Trinajstić information content (AvgIpc) is 3.18.